The third-order valence-electron chi connectivity index (χ3n) is 1.70. The highest BCUT2D eigenvalue weighted by atomic mass is 16.5. The third-order valence-corrected chi connectivity index (χ3v) is 1.70. The first kappa shape index (κ1) is 10.9. The summed E-state index contributed by atoms with van der Waals surface area (Å²) in [4.78, 5) is 0. The monoisotopic (exact) mass is 160 g/mol. The molecule has 0 aliphatic rings. The van der Waals surface area contributed by atoms with Gasteiger partial charge in [-0.2, -0.15) is 0 Å². The van der Waals surface area contributed by atoms with E-state index in [0.717, 1.165) is 6.42 Å². The van der Waals surface area contributed by atoms with E-state index in [2.05, 4.69) is 27.7 Å². The van der Waals surface area contributed by atoms with Gasteiger partial charge in [0.1, 0.15) is 0 Å². The summed E-state index contributed by atoms with van der Waals surface area (Å²) in [5.74, 6) is 0.615. The molecular weight excluding hydrogens is 140 g/mol. The number of aliphatic hydroxyl groups is 2. The summed E-state index contributed by atoms with van der Waals surface area (Å²) in [5, 5.41) is 17.5. The predicted octanol–water partition coefficient (Wildman–Crippen LogP) is 1.76. The van der Waals surface area contributed by atoms with Gasteiger partial charge in [-0.1, -0.05) is 27.7 Å². The smallest absolute Gasteiger partial charge is 0.151 e. The van der Waals surface area contributed by atoms with Crippen molar-refractivity contribution in [1.29, 1.82) is 0 Å². The highest BCUT2D eigenvalue weighted by Gasteiger charge is 2.21. The molecule has 2 nitrogen and oxygen atoms in total. The van der Waals surface area contributed by atoms with E-state index in [4.69, 9.17) is 10.2 Å². The minimum atomic E-state index is -1.16. The van der Waals surface area contributed by atoms with Crippen LogP contribution in [0.1, 0.15) is 40.5 Å². The molecule has 0 unspecified atom stereocenters. The van der Waals surface area contributed by atoms with Gasteiger partial charge in [-0.3, -0.25) is 0 Å². The average Bonchev–Trinajstić information content (AvgIpc) is 1.53. The van der Waals surface area contributed by atoms with Gasteiger partial charge in [0.25, 0.3) is 0 Å². The van der Waals surface area contributed by atoms with Gasteiger partial charge in [-0.25, -0.2) is 0 Å². The van der Waals surface area contributed by atoms with Crippen LogP contribution in [0, 0.1) is 11.3 Å². The van der Waals surface area contributed by atoms with E-state index in [1.807, 2.05) is 0 Å². The molecule has 0 heterocycles. The molecule has 0 rings (SSSR count). The van der Waals surface area contributed by atoms with Gasteiger partial charge in [0, 0.05) is 6.42 Å². The van der Waals surface area contributed by atoms with E-state index in [1.54, 1.807) is 0 Å². The topological polar surface area (TPSA) is 40.5 Å². The summed E-state index contributed by atoms with van der Waals surface area (Å²) < 4.78 is 0. The molecule has 0 spiro atoms. The van der Waals surface area contributed by atoms with E-state index in [0.29, 0.717) is 12.3 Å². The van der Waals surface area contributed by atoms with Gasteiger partial charge >= 0.3 is 0 Å². The maximum absolute atomic E-state index is 8.76. The summed E-state index contributed by atoms with van der Waals surface area (Å²) in [6.07, 6.45) is 0.333. The van der Waals surface area contributed by atoms with E-state index in [-0.39, 0.29) is 5.41 Å². The van der Waals surface area contributed by atoms with Crippen molar-refractivity contribution in [2.45, 2.75) is 46.8 Å². The lowest BCUT2D eigenvalue weighted by molar-refractivity contribution is -0.0700. The molecule has 0 radical (unpaired) electrons. The summed E-state index contributed by atoms with van der Waals surface area (Å²) in [6, 6.07) is 0. The molecule has 0 bridgehead atoms. The van der Waals surface area contributed by atoms with Crippen LogP contribution < -0.4 is 0 Å². The van der Waals surface area contributed by atoms with Crippen LogP contribution in [0.3, 0.4) is 0 Å². The highest BCUT2D eigenvalue weighted by Crippen LogP contribution is 2.29. The van der Waals surface area contributed by atoms with Crippen molar-refractivity contribution in [2.24, 2.45) is 11.3 Å². The van der Waals surface area contributed by atoms with Crippen LogP contribution in [0.25, 0.3) is 0 Å². The minimum absolute atomic E-state index is 0.0440. The van der Waals surface area contributed by atoms with Crippen LogP contribution in [0.5, 0.6) is 0 Å². The van der Waals surface area contributed by atoms with E-state index in [1.165, 1.54) is 0 Å². The van der Waals surface area contributed by atoms with Gasteiger partial charge in [0.05, 0.1) is 0 Å². The lowest BCUT2D eigenvalue weighted by atomic mass is 9.81. The second-order valence-corrected chi connectivity index (χ2v) is 4.45. The zero-order valence-corrected chi connectivity index (χ0v) is 7.96. The van der Waals surface area contributed by atoms with Crippen molar-refractivity contribution in [3.63, 3.8) is 0 Å². The zero-order chi connectivity index (χ0) is 9.07. The van der Waals surface area contributed by atoms with Crippen LogP contribution in [0.15, 0.2) is 0 Å². The molecule has 0 atom stereocenters. The number of aliphatic hydroxyl groups excluding tert-OH is 1. The molecule has 2 N–H and O–H groups in total. The normalized spacial score (nSPS) is 13.1. The van der Waals surface area contributed by atoms with Crippen LogP contribution in [0.4, 0.5) is 0 Å². The van der Waals surface area contributed by atoms with Crippen molar-refractivity contribution in [1.82, 2.24) is 0 Å². The second-order valence-electron chi connectivity index (χ2n) is 4.45. The SMILES string of the molecule is CC(C)CC(C)(C)CC(O)O. The van der Waals surface area contributed by atoms with Crippen LogP contribution in [0.2, 0.25) is 0 Å². The summed E-state index contributed by atoms with van der Waals surface area (Å²) >= 11 is 0. The Morgan fingerprint density at radius 3 is 1.82 bits per heavy atom. The van der Waals surface area contributed by atoms with E-state index >= 15 is 0 Å². The number of rotatable bonds is 4. The Bertz CT molecular complexity index is 94.1. The largest absolute Gasteiger partial charge is 0.368 e. The first-order valence-corrected chi connectivity index (χ1v) is 4.19. The van der Waals surface area contributed by atoms with Crippen molar-refractivity contribution in [2.75, 3.05) is 0 Å². The Morgan fingerprint density at radius 2 is 1.55 bits per heavy atom. The molecule has 0 aromatic carbocycles. The molecule has 0 aliphatic heterocycles. The van der Waals surface area contributed by atoms with Crippen molar-refractivity contribution < 1.29 is 10.2 Å². The van der Waals surface area contributed by atoms with Crippen molar-refractivity contribution in [3.8, 4) is 0 Å². The molecule has 0 fully saturated rings. The summed E-state index contributed by atoms with van der Waals surface area (Å²) in [7, 11) is 0. The lowest BCUT2D eigenvalue weighted by Gasteiger charge is -2.27. The Morgan fingerprint density at radius 1 is 1.09 bits per heavy atom. The Balaban J connectivity index is 3.79. The molecule has 11 heavy (non-hydrogen) atoms. The average molecular weight is 160 g/mol. The Labute approximate surface area is 69.2 Å². The van der Waals surface area contributed by atoms with Gasteiger partial charge in [-0.05, 0) is 17.8 Å². The number of hydrogen-bond donors (Lipinski definition) is 2. The van der Waals surface area contributed by atoms with Crippen LogP contribution in [-0.2, 0) is 0 Å². The fourth-order valence-corrected chi connectivity index (χ4v) is 1.68. The fourth-order valence-electron chi connectivity index (χ4n) is 1.68. The third kappa shape index (κ3) is 6.32. The highest BCUT2D eigenvalue weighted by molar-refractivity contribution is 4.70. The molecule has 0 aliphatic carbocycles. The molecular formula is C9H20O2. The first-order chi connectivity index (χ1) is 4.83. The molecule has 68 valence electrons. The minimum Gasteiger partial charge on any atom is -0.368 e. The molecule has 0 aromatic rings. The molecule has 2 heteroatoms. The maximum atomic E-state index is 8.76. The van der Waals surface area contributed by atoms with Crippen LogP contribution in [-0.4, -0.2) is 16.5 Å². The standard InChI is InChI=1S/C9H20O2/c1-7(2)5-9(3,4)6-8(10)11/h7-8,10-11H,5-6H2,1-4H3. The number of hydrogen-bond acceptors (Lipinski definition) is 2. The quantitative estimate of drug-likeness (QED) is 0.615. The van der Waals surface area contributed by atoms with Crippen LogP contribution >= 0.6 is 0 Å². The van der Waals surface area contributed by atoms with Crippen molar-refractivity contribution in [3.05, 3.63) is 0 Å². The van der Waals surface area contributed by atoms with Gasteiger partial charge < -0.3 is 10.2 Å². The lowest BCUT2D eigenvalue weighted by Crippen LogP contribution is -2.21. The van der Waals surface area contributed by atoms with Crippen molar-refractivity contribution >= 4 is 0 Å². The zero-order valence-electron chi connectivity index (χ0n) is 7.96. The van der Waals surface area contributed by atoms with Gasteiger partial charge in [0.2, 0.25) is 0 Å². The molecule has 0 saturated carbocycles. The van der Waals surface area contributed by atoms with Gasteiger partial charge in [0.15, 0.2) is 6.29 Å². The fraction of sp³-hybridized carbons (Fsp3) is 1.00. The Kier molecular flexibility index (Phi) is 4.04. The Hall–Kier alpha value is -0.0800. The molecule has 0 aromatic heterocycles. The molecule has 0 saturated heterocycles. The van der Waals surface area contributed by atoms with E-state index < -0.39 is 6.29 Å². The van der Waals surface area contributed by atoms with Gasteiger partial charge in [-0.15, -0.1) is 0 Å². The summed E-state index contributed by atoms with van der Waals surface area (Å²) in [6.45, 7) is 8.41. The second kappa shape index (κ2) is 4.07. The first-order valence-electron chi connectivity index (χ1n) is 4.19. The maximum Gasteiger partial charge on any atom is 0.151 e. The predicted molar refractivity (Wildman–Crippen MR) is 46.1 cm³/mol. The summed E-state index contributed by atoms with van der Waals surface area (Å²) in [5.41, 5.74) is 0.0440. The van der Waals surface area contributed by atoms with E-state index in [9.17, 15) is 0 Å². The molecule has 0 amide bonds.